The van der Waals surface area contributed by atoms with Crippen LogP contribution < -0.4 is 5.69 Å². The van der Waals surface area contributed by atoms with Gasteiger partial charge in [0.25, 0.3) is 0 Å². The molecule has 94 valence electrons. The van der Waals surface area contributed by atoms with Crippen molar-refractivity contribution in [2.75, 3.05) is 7.05 Å². The number of hydrogen-bond acceptors (Lipinski definition) is 4. The number of carbonyl (C=O) groups excluding carboxylic acids is 1. The molecule has 0 saturated heterocycles. The van der Waals surface area contributed by atoms with E-state index >= 15 is 0 Å². The lowest BCUT2D eigenvalue weighted by atomic mass is 10.3. The third-order valence-corrected chi connectivity index (χ3v) is 2.49. The Hall–Kier alpha value is -2.44. The number of aromatic nitrogens is 4. The number of aromatic amines is 1. The highest BCUT2D eigenvalue weighted by molar-refractivity contribution is 5.75. The molecule has 0 saturated carbocycles. The molecular weight excluding hydrogens is 234 g/mol. The van der Waals surface area contributed by atoms with E-state index in [1.165, 1.54) is 15.7 Å². The van der Waals surface area contributed by atoms with Crippen molar-refractivity contribution in [2.24, 2.45) is 0 Å². The number of nitrogens with zero attached hydrogens (tertiary/aromatic N) is 4. The summed E-state index contributed by atoms with van der Waals surface area (Å²) in [5, 5.41) is 6.48. The quantitative estimate of drug-likeness (QED) is 0.798. The van der Waals surface area contributed by atoms with Gasteiger partial charge in [-0.15, -0.1) is 0 Å². The summed E-state index contributed by atoms with van der Waals surface area (Å²) in [6.45, 7) is 0.436. The molecule has 0 bridgehead atoms. The fourth-order valence-corrected chi connectivity index (χ4v) is 1.50. The number of hydrogen-bond donors (Lipinski definition) is 1. The van der Waals surface area contributed by atoms with E-state index in [9.17, 15) is 9.59 Å². The Morgan fingerprint density at radius 2 is 2.39 bits per heavy atom. The molecule has 2 aromatic rings. The van der Waals surface area contributed by atoms with Gasteiger partial charge in [0, 0.05) is 37.7 Å². The van der Waals surface area contributed by atoms with Crippen LogP contribution in [0.2, 0.25) is 0 Å². The monoisotopic (exact) mass is 247 g/mol. The molecule has 7 heteroatoms. The maximum atomic E-state index is 11.9. The Labute approximate surface area is 103 Å². The molecule has 0 aliphatic heterocycles. The van der Waals surface area contributed by atoms with E-state index < -0.39 is 5.69 Å². The highest BCUT2D eigenvalue weighted by atomic mass is 16.2. The molecule has 0 fully saturated rings. The lowest BCUT2D eigenvalue weighted by molar-refractivity contribution is -0.131. The Kier molecular flexibility index (Phi) is 3.52. The van der Waals surface area contributed by atoms with E-state index in [1.807, 2.05) is 0 Å². The SMILES string of the molecule is CN(Cc1cn[nH]c1)C(=O)Cn1cccnc1=O. The standard InChI is InChI=1S/C11H13N5O2/c1-15(7-9-5-13-14-6-9)10(17)8-16-4-2-3-12-11(16)18/h2-6H,7-8H2,1H3,(H,13,14). The molecule has 2 rings (SSSR count). The Balaban J connectivity index is 2.00. The molecule has 2 aromatic heterocycles. The smallest absolute Gasteiger partial charge is 0.340 e. The first kappa shape index (κ1) is 12.0. The normalized spacial score (nSPS) is 10.3. The zero-order chi connectivity index (χ0) is 13.0. The van der Waals surface area contributed by atoms with Crippen LogP contribution in [0.25, 0.3) is 0 Å². The van der Waals surface area contributed by atoms with E-state index in [1.54, 1.807) is 31.7 Å². The van der Waals surface area contributed by atoms with Gasteiger partial charge in [0.05, 0.1) is 6.20 Å². The summed E-state index contributed by atoms with van der Waals surface area (Å²) < 4.78 is 1.27. The van der Waals surface area contributed by atoms with Gasteiger partial charge in [-0.1, -0.05) is 0 Å². The molecule has 2 heterocycles. The summed E-state index contributed by atoms with van der Waals surface area (Å²) in [4.78, 5) is 28.4. The molecule has 0 radical (unpaired) electrons. The van der Waals surface area contributed by atoms with Crippen molar-refractivity contribution in [3.63, 3.8) is 0 Å². The third kappa shape index (κ3) is 2.82. The second-order valence-electron chi connectivity index (χ2n) is 3.89. The van der Waals surface area contributed by atoms with Crippen LogP contribution in [0.3, 0.4) is 0 Å². The third-order valence-electron chi connectivity index (χ3n) is 2.49. The molecule has 18 heavy (non-hydrogen) atoms. The van der Waals surface area contributed by atoms with Gasteiger partial charge < -0.3 is 4.90 Å². The predicted octanol–water partition coefficient (Wildman–Crippen LogP) is -0.375. The van der Waals surface area contributed by atoms with Gasteiger partial charge in [0.2, 0.25) is 5.91 Å². The van der Waals surface area contributed by atoms with E-state index in [0.717, 1.165) is 5.56 Å². The van der Waals surface area contributed by atoms with Crippen LogP contribution in [-0.4, -0.2) is 37.6 Å². The summed E-state index contributed by atoms with van der Waals surface area (Å²) in [5.74, 6) is -0.161. The van der Waals surface area contributed by atoms with Gasteiger partial charge >= 0.3 is 5.69 Å². The number of nitrogens with one attached hydrogen (secondary N) is 1. The van der Waals surface area contributed by atoms with Crippen LogP contribution in [-0.2, 0) is 17.9 Å². The highest BCUT2D eigenvalue weighted by Crippen LogP contribution is 2.00. The molecule has 0 aliphatic carbocycles. The molecule has 0 unspecified atom stereocenters. The maximum absolute atomic E-state index is 11.9. The zero-order valence-electron chi connectivity index (χ0n) is 9.91. The number of carbonyl (C=O) groups is 1. The first-order valence-electron chi connectivity index (χ1n) is 5.40. The molecule has 0 spiro atoms. The van der Waals surface area contributed by atoms with Gasteiger partial charge in [-0.25, -0.2) is 9.78 Å². The van der Waals surface area contributed by atoms with E-state index in [2.05, 4.69) is 15.2 Å². The summed E-state index contributed by atoms with van der Waals surface area (Å²) in [5.41, 5.74) is 0.479. The van der Waals surface area contributed by atoms with Crippen LogP contribution >= 0.6 is 0 Å². The number of rotatable bonds is 4. The molecule has 0 atom stereocenters. The van der Waals surface area contributed by atoms with E-state index in [0.29, 0.717) is 6.54 Å². The highest BCUT2D eigenvalue weighted by Gasteiger charge is 2.11. The van der Waals surface area contributed by atoms with Crippen molar-refractivity contribution in [1.82, 2.24) is 24.6 Å². The fourth-order valence-electron chi connectivity index (χ4n) is 1.50. The van der Waals surface area contributed by atoms with Gasteiger partial charge in [-0.2, -0.15) is 5.10 Å². The molecule has 7 nitrogen and oxygen atoms in total. The lowest BCUT2D eigenvalue weighted by Crippen LogP contribution is -2.33. The summed E-state index contributed by atoms with van der Waals surface area (Å²) in [7, 11) is 1.68. The Bertz CT molecular complexity index is 575. The number of amides is 1. The second kappa shape index (κ2) is 5.26. The molecule has 1 amide bonds. The summed E-state index contributed by atoms with van der Waals surface area (Å²) in [6.07, 6.45) is 6.32. The molecular formula is C11H13N5O2. The number of likely N-dealkylation sites (N-methyl/N-ethyl adjacent to an activating group) is 1. The molecule has 1 N–H and O–H groups in total. The van der Waals surface area contributed by atoms with Gasteiger partial charge in [0.15, 0.2) is 0 Å². The lowest BCUT2D eigenvalue weighted by Gasteiger charge is -2.16. The number of H-pyrrole nitrogens is 1. The van der Waals surface area contributed by atoms with E-state index in [4.69, 9.17) is 0 Å². The first-order chi connectivity index (χ1) is 8.66. The first-order valence-corrected chi connectivity index (χ1v) is 5.40. The van der Waals surface area contributed by atoms with Crippen LogP contribution in [0.5, 0.6) is 0 Å². The topological polar surface area (TPSA) is 83.9 Å². The second-order valence-corrected chi connectivity index (χ2v) is 3.89. The van der Waals surface area contributed by atoms with Crippen molar-refractivity contribution in [2.45, 2.75) is 13.1 Å². The van der Waals surface area contributed by atoms with Crippen molar-refractivity contribution in [1.29, 1.82) is 0 Å². The van der Waals surface area contributed by atoms with Crippen LogP contribution in [0.4, 0.5) is 0 Å². The fraction of sp³-hybridized carbons (Fsp3) is 0.273. The van der Waals surface area contributed by atoms with Crippen molar-refractivity contribution in [3.8, 4) is 0 Å². The van der Waals surface area contributed by atoms with Gasteiger partial charge in [-0.3, -0.25) is 14.5 Å². The van der Waals surface area contributed by atoms with Crippen LogP contribution in [0, 0.1) is 0 Å². The Morgan fingerprint density at radius 1 is 1.56 bits per heavy atom. The van der Waals surface area contributed by atoms with Crippen LogP contribution in [0.15, 0.2) is 35.6 Å². The molecule has 0 aromatic carbocycles. The maximum Gasteiger partial charge on any atom is 0.347 e. The summed E-state index contributed by atoms with van der Waals surface area (Å²) in [6, 6.07) is 1.62. The van der Waals surface area contributed by atoms with Crippen molar-refractivity contribution < 1.29 is 4.79 Å². The average molecular weight is 247 g/mol. The largest absolute Gasteiger partial charge is 0.347 e. The van der Waals surface area contributed by atoms with Crippen molar-refractivity contribution in [3.05, 3.63) is 46.9 Å². The minimum atomic E-state index is -0.428. The minimum Gasteiger partial charge on any atom is -0.340 e. The Morgan fingerprint density at radius 3 is 3.06 bits per heavy atom. The van der Waals surface area contributed by atoms with Crippen LogP contribution in [0.1, 0.15) is 5.56 Å². The van der Waals surface area contributed by atoms with Crippen molar-refractivity contribution >= 4 is 5.91 Å². The predicted molar refractivity (Wildman–Crippen MR) is 63.6 cm³/mol. The van der Waals surface area contributed by atoms with Gasteiger partial charge in [0.1, 0.15) is 6.54 Å². The zero-order valence-corrected chi connectivity index (χ0v) is 9.91. The van der Waals surface area contributed by atoms with E-state index in [-0.39, 0.29) is 12.5 Å². The minimum absolute atomic E-state index is 0.0129. The summed E-state index contributed by atoms with van der Waals surface area (Å²) >= 11 is 0. The molecule has 0 aliphatic rings. The average Bonchev–Trinajstić information content (AvgIpc) is 2.84. The van der Waals surface area contributed by atoms with Gasteiger partial charge in [-0.05, 0) is 6.07 Å².